The Labute approximate surface area is 198 Å². The van der Waals surface area contributed by atoms with Gasteiger partial charge in [-0.25, -0.2) is 4.39 Å². The standard InChI is InChI=1S/C27H28FN3O3/c1-34-24-9-5-6-20(17-24)25(31-14-2-3-15-31)18-29-26(32)21-7-4-8-23(16-21)30-27(33)19-10-12-22(28)13-11-19/h4-13,16-17,25H,2-3,14-15,18H2,1H3,(H,29,32)(H,30,33). The van der Waals surface area contributed by atoms with Crippen LogP contribution in [0.25, 0.3) is 0 Å². The largest absolute Gasteiger partial charge is 0.497 e. The number of nitrogens with one attached hydrogen (secondary N) is 2. The molecule has 7 heteroatoms. The van der Waals surface area contributed by atoms with E-state index < -0.39 is 5.82 Å². The molecule has 6 nitrogen and oxygen atoms in total. The van der Waals surface area contributed by atoms with Crippen molar-refractivity contribution in [1.29, 1.82) is 0 Å². The minimum absolute atomic E-state index is 0.0444. The number of benzene rings is 3. The molecule has 1 atom stereocenters. The number of ether oxygens (including phenoxy) is 1. The Morgan fingerprint density at radius 3 is 2.41 bits per heavy atom. The summed E-state index contributed by atoms with van der Waals surface area (Å²) in [5, 5.41) is 5.81. The number of likely N-dealkylation sites (tertiary alicyclic amines) is 1. The van der Waals surface area contributed by atoms with Crippen LogP contribution in [0.5, 0.6) is 5.75 Å². The molecular formula is C27H28FN3O3. The Balaban J connectivity index is 1.43. The third-order valence-corrected chi connectivity index (χ3v) is 6.01. The van der Waals surface area contributed by atoms with E-state index in [1.54, 1.807) is 31.4 Å². The van der Waals surface area contributed by atoms with E-state index >= 15 is 0 Å². The molecule has 0 aliphatic carbocycles. The van der Waals surface area contributed by atoms with E-state index in [0.29, 0.717) is 23.4 Å². The third kappa shape index (κ3) is 5.80. The van der Waals surface area contributed by atoms with Crippen LogP contribution in [-0.4, -0.2) is 43.5 Å². The molecule has 3 aromatic rings. The second kappa shape index (κ2) is 10.9. The second-order valence-electron chi connectivity index (χ2n) is 8.29. The number of anilines is 1. The van der Waals surface area contributed by atoms with Crippen LogP contribution in [0.2, 0.25) is 0 Å². The molecule has 3 aromatic carbocycles. The van der Waals surface area contributed by atoms with Crippen LogP contribution in [-0.2, 0) is 0 Å². The lowest BCUT2D eigenvalue weighted by molar-refractivity contribution is 0.0936. The van der Waals surface area contributed by atoms with Crippen molar-refractivity contribution in [1.82, 2.24) is 10.2 Å². The van der Waals surface area contributed by atoms with Crippen molar-refractivity contribution in [2.75, 3.05) is 32.1 Å². The molecule has 34 heavy (non-hydrogen) atoms. The maximum absolute atomic E-state index is 13.1. The topological polar surface area (TPSA) is 70.7 Å². The first kappa shape index (κ1) is 23.4. The van der Waals surface area contributed by atoms with Crippen LogP contribution < -0.4 is 15.4 Å². The number of methoxy groups -OCH3 is 1. The van der Waals surface area contributed by atoms with Crippen molar-refractivity contribution in [2.45, 2.75) is 18.9 Å². The minimum atomic E-state index is -0.406. The van der Waals surface area contributed by atoms with Crippen LogP contribution in [0, 0.1) is 5.82 Å². The van der Waals surface area contributed by atoms with Crippen molar-refractivity contribution in [2.24, 2.45) is 0 Å². The van der Waals surface area contributed by atoms with Gasteiger partial charge in [0.15, 0.2) is 0 Å². The average Bonchev–Trinajstić information content (AvgIpc) is 3.39. The number of carbonyl (C=O) groups excluding carboxylic acids is 2. The van der Waals surface area contributed by atoms with Gasteiger partial charge < -0.3 is 15.4 Å². The van der Waals surface area contributed by atoms with Crippen LogP contribution in [0.3, 0.4) is 0 Å². The fourth-order valence-corrected chi connectivity index (χ4v) is 4.19. The van der Waals surface area contributed by atoms with Gasteiger partial charge in [-0.3, -0.25) is 14.5 Å². The summed E-state index contributed by atoms with van der Waals surface area (Å²) in [6.45, 7) is 2.43. The molecule has 1 heterocycles. The smallest absolute Gasteiger partial charge is 0.255 e. The van der Waals surface area contributed by atoms with Gasteiger partial charge in [0.1, 0.15) is 11.6 Å². The number of carbonyl (C=O) groups is 2. The van der Waals surface area contributed by atoms with E-state index in [1.165, 1.54) is 24.3 Å². The van der Waals surface area contributed by atoms with E-state index in [1.807, 2.05) is 18.2 Å². The molecule has 4 rings (SSSR count). The highest BCUT2D eigenvalue weighted by atomic mass is 19.1. The molecule has 0 radical (unpaired) electrons. The summed E-state index contributed by atoms with van der Waals surface area (Å²) in [7, 11) is 1.65. The lowest BCUT2D eigenvalue weighted by atomic mass is 10.0. The Bertz CT molecular complexity index is 1140. The quantitative estimate of drug-likeness (QED) is 0.512. The zero-order valence-corrected chi connectivity index (χ0v) is 19.1. The lowest BCUT2D eigenvalue weighted by Gasteiger charge is -2.28. The predicted octanol–water partition coefficient (Wildman–Crippen LogP) is 4.65. The Hall–Kier alpha value is -3.71. The van der Waals surface area contributed by atoms with Gasteiger partial charge in [0.2, 0.25) is 0 Å². The van der Waals surface area contributed by atoms with Gasteiger partial charge in [0.05, 0.1) is 13.2 Å². The van der Waals surface area contributed by atoms with Crippen LogP contribution >= 0.6 is 0 Å². The molecule has 1 aliphatic rings. The number of halogens is 1. The monoisotopic (exact) mass is 461 g/mol. The molecule has 176 valence electrons. The number of hydrogen-bond donors (Lipinski definition) is 2. The van der Waals surface area contributed by atoms with Crippen molar-refractivity contribution in [3.8, 4) is 5.75 Å². The first-order valence-electron chi connectivity index (χ1n) is 11.4. The van der Waals surface area contributed by atoms with Crippen LogP contribution in [0.15, 0.2) is 72.8 Å². The van der Waals surface area contributed by atoms with Gasteiger partial charge in [0, 0.05) is 23.4 Å². The predicted molar refractivity (Wildman–Crippen MR) is 130 cm³/mol. The average molecular weight is 462 g/mol. The molecule has 2 amide bonds. The summed E-state index contributed by atoms with van der Waals surface area (Å²) >= 11 is 0. The highest BCUT2D eigenvalue weighted by Gasteiger charge is 2.24. The normalized spacial score (nSPS) is 14.4. The Morgan fingerprint density at radius 2 is 1.68 bits per heavy atom. The summed E-state index contributed by atoms with van der Waals surface area (Å²) in [6.07, 6.45) is 2.29. The van der Waals surface area contributed by atoms with E-state index in [2.05, 4.69) is 21.6 Å². The highest BCUT2D eigenvalue weighted by Crippen LogP contribution is 2.27. The van der Waals surface area contributed by atoms with Crippen molar-refractivity contribution in [3.63, 3.8) is 0 Å². The number of amides is 2. The number of nitrogens with zero attached hydrogens (tertiary/aromatic N) is 1. The minimum Gasteiger partial charge on any atom is -0.497 e. The summed E-state index contributed by atoms with van der Waals surface area (Å²) in [5.74, 6) is -0.205. The summed E-state index contributed by atoms with van der Waals surface area (Å²) in [4.78, 5) is 27.8. The third-order valence-electron chi connectivity index (χ3n) is 6.01. The SMILES string of the molecule is COc1cccc(C(CNC(=O)c2cccc(NC(=O)c3ccc(F)cc3)c2)N2CCCC2)c1. The summed E-state index contributed by atoms with van der Waals surface area (Å²) in [5.41, 5.74) is 2.37. The van der Waals surface area contributed by atoms with Gasteiger partial charge in [-0.2, -0.15) is 0 Å². The highest BCUT2D eigenvalue weighted by molar-refractivity contribution is 6.05. The molecule has 1 unspecified atom stereocenters. The molecule has 1 fully saturated rings. The molecular weight excluding hydrogens is 433 g/mol. The van der Waals surface area contributed by atoms with E-state index in [-0.39, 0.29) is 17.9 Å². The van der Waals surface area contributed by atoms with E-state index in [4.69, 9.17) is 4.74 Å². The Kier molecular flexibility index (Phi) is 7.54. The second-order valence-corrected chi connectivity index (χ2v) is 8.29. The molecule has 1 aliphatic heterocycles. The first-order valence-corrected chi connectivity index (χ1v) is 11.4. The van der Waals surface area contributed by atoms with Crippen molar-refractivity contribution < 1.29 is 18.7 Å². The van der Waals surface area contributed by atoms with Crippen LogP contribution in [0.1, 0.15) is 45.2 Å². The van der Waals surface area contributed by atoms with E-state index in [9.17, 15) is 14.0 Å². The number of hydrogen-bond acceptors (Lipinski definition) is 4. The molecule has 2 N–H and O–H groups in total. The zero-order valence-electron chi connectivity index (χ0n) is 19.1. The molecule has 0 spiro atoms. The summed E-state index contributed by atoms with van der Waals surface area (Å²) in [6, 6.07) is 20.1. The molecule has 0 aromatic heterocycles. The lowest BCUT2D eigenvalue weighted by Crippen LogP contribution is -2.36. The van der Waals surface area contributed by atoms with Crippen molar-refractivity contribution >= 4 is 17.5 Å². The van der Waals surface area contributed by atoms with Gasteiger partial charge in [-0.15, -0.1) is 0 Å². The first-order chi connectivity index (χ1) is 16.5. The number of rotatable bonds is 8. The van der Waals surface area contributed by atoms with Gasteiger partial charge in [0.25, 0.3) is 11.8 Å². The zero-order chi connectivity index (χ0) is 23.9. The van der Waals surface area contributed by atoms with E-state index in [0.717, 1.165) is 37.2 Å². The van der Waals surface area contributed by atoms with Crippen molar-refractivity contribution in [3.05, 3.63) is 95.3 Å². The maximum atomic E-state index is 13.1. The van der Waals surface area contributed by atoms with Gasteiger partial charge in [-0.1, -0.05) is 18.2 Å². The Morgan fingerprint density at radius 1 is 0.941 bits per heavy atom. The maximum Gasteiger partial charge on any atom is 0.255 e. The van der Waals surface area contributed by atoms with Gasteiger partial charge >= 0.3 is 0 Å². The molecule has 1 saturated heterocycles. The summed E-state index contributed by atoms with van der Waals surface area (Å²) < 4.78 is 18.5. The fourth-order valence-electron chi connectivity index (χ4n) is 4.19. The van der Waals surface area contributed by atoms with Gasteiger partial charge in [-0.05, 0) is 86.1 Å². The fraction of sp³-hybridized carbons (Fsp3) is 0.259. The van der Waals surface area contributed by atoms with Crippen LogP contribution in [0.4, 0.5) is 10.1 Å². The molecule has 0 bridgehead atoms. The molecule has 0 saturated carbocycles.